The molecule has 0 aliphatic heterocycles. The molecule has 0 saturated carbocycles. The molecule has 2 nitrogen and oxygen atoms in total. The molecule has 0 atom stereocenters. The third-order valence-corrected chi connectivity index (χ3v) is 2.78. The van der Waals surface area contributed by atoms with Crippen molar-refractivity contribution in [3.8, 4) is 5.75 Å². The van der Waals surface area contributed by atoms with Crippen molar-refractivity contribution in [1.29, 1.82) is 0 Å². The fraction of sp³-hybridized carbons (Fsp3) is 0.500. The second kappa shape index (κ2) is 6.33. The molecule has 0 saturated heterocycles. The first kappa shape index (κ1) is 12.8. The van der Waals surface area contributed by atoms with E-state index in [0.717, 1.165) is 15.9 Å². The lowest BCUT2D eigenvalue weighted by Gasteiger charge is -2.08. The van der Waals surface area contributed by atoms with E-state index in [1.807, 2.05) is 12.1 Å². The Morgan fingerprint density at radius 2 is 2.07 bits per heavy atom. The van der Waals surface area contributed by atoms with E-state index in [9.17, 15) is 0 Å². The van der Waals surface area contributed by atoms with E-state index >= 15 is 0 Å². The number of rotatable bonds is 5. The highest BCUT2D eigenvalue weighted by Gasteiger charge is 2.01. The average Bonchev–Trinajstić information content (AvgIpc) is 2.17. The van der Waals surface area contributed by atoms with E-state index < -0.39 is 0 Å². The maximum absolute atomic E-state index is 5.57. The van der Waals surface area contributed by atoms with Crippen LogP contribution >= 0.6 is 22.6 Å². The van der Waals surface area contributed by atoms with Gasteiger partial charge in [0.15, 0.2) is 0 Å². The molecule has 0 aliphatic rings. The number of halogens is 1. The van der Waals surface area contributed by atoms with Crippen LogP contribution in [0.3, 0.4) is 0 Å². The minimum Gasteiger partial charge on any atom is -0.496 e. The van der Waals surface area contributed by atoms with Crippen LogP contribution in [0.5, 0.6) is 5.75 Å². The predicted molar refractivity (Wildman–Crippen MR) is 70.2 cm³/mol. The van der Waals surface area contributed by atoms with Gasteiger partial charge < -0.3 is 9.47 Å². The van der Waals surface area contributed by atoms with Gasteiger partial charge in [0.25, 0.3) is 0 Å². The lowest BCUT2D eigenvalue weighted by molar-refractivity contribution is 0.0970. The van der Waals surface area contributed by atoms with Crippen LogP contribution < -0.4 is 4.74 Å². The van der Waals surface area contributed by atoms with E-state index in [1.165, 1.54) is 5.56 Å². The third kappa shape index (κ3) is 4.38. The fourth-order valence-corrected chi connectivity index (χ4v) is 2.01. The standard InChI is InChI=1S/C12H17IO2/c1-9(2)7-15-8-10-4-5-12(14-3)11(13)6-10/h4-6,9H,7-8H2,1-3H3. The second-order valence-electron chi connectivity index (χ2n) is 3.88. The maximum atomic E-state index is 5.57. The van der Waals surface area contributed by atoms with Gasteiger partial charge in [0.05, 0.1) is 17.3 Å². The van der Waals surface area contributed by atoms with Crippen LogP contribution in [0.2, 0.25) is 0 Å². The lowest BCUT2D eigenvalue weighted by Crippen LogP contribution is -2.02. The summed E-state index contributed by atoms with van der Waals surface area (Å²) in [4.78, 5) is 0. The summed E-state index contributed by atoms with van der Waals surface area (Å²) in [5, 5.41) is 0. The molecule has 3 heteroatoms. The Kier molecular flexibility index (Phi) is 5.39. The molecule has 84 valence electrons. The van der Waals surface area contributed by atoms with Crippen LogP contribution in [0.25, 0.3) is 0 Å². The quantitative estimate of drug-likeness (QED) is 0.774. The van der Waals surface area contributed by atoms with Crippen LogP contribution in [0, 0.1) is 9.49 Å². The van der Waals surface area contributed by atoms with Gasteiger partial charge in [-0.25, -0.2) is 0 Å². The van der Waals surface area contributed by atoms with E-state index in [0.29, 0.717) is 12.5 Å². The van der Waals surface area contributed by atoms with Crippen molar-refractivity contribution >= 4 is 22.6 Å². The Morgan fingerprint density at radius 3 is 2.60 bits per heavy atom. The molecule has 0 radical (unpaired) electrons. The van der Waals surface area contributed by atoms with Crippen LogP contribution in [-0.2, 0) is 11.3 Å². The summed E-state index contributed by atoms with van der Waals surface area (Å²) in [6, 6.07) is 6.12. The smallest absolute Gasteiger partial charge is 0.132 e. The minimum absolute atomic E-state index is 0.585. The molecular formula is C12H17IO2. The highest BCUT2D eigenvalue weighted by Crippen LogP contribution is 2.21. The summed E-state index contributed by atoms with van der Waals surface area (Å²) in [6.45, 7) is 5.79. The van der Waals surface area contributed by atoms with Crippen molar-refractivity contribution in [2.45, 2.75) is 20.5 Å². The molecule has 0 heterocycles. The van der Waals surface area contributed by atoms with Gasteiger partial charge in [-0.15, -0.1) is 0 Å². The molecule has 1 aromatic carbocycles. The summed E-state index contributed by atoms with van der Waals surface area (Å²) in [7, 11) is 1.69. The van der Waals surface area contributed by atoms with Gasteiger partial charge in [-0.3, -0.25) is 0 Å². The molecule has 0 bridgehead atoms. The molecule has 0 N–H and O–H groups in total. The Balaban J connectivity index is 2.52. The number of benzene rings is 1. The Bertz CT molecular complexity index is 310. The molecule has 0 unspecified atom stereocenters. The largest absolute Gasteiger partial charge is 0.496 e. The van der Waals surface area contributed by atoms with Crippen molar-refractivity contribution in [2.75, 3.05) is 13.7 Å². The first-order valence-corrected chi connectivity index (χ1v) is 6.11. The topological polar surface area (TPSA) is 18.5 Å². The summed E-state index contributed by atoms with van der Waals surface area (Å²) in [5.41, 5.74) is 1.20. The maximum Gasteiger partial charge on any atom is 0.132 e. The third-order valence-electron chi connectivity index (χ3n) is 1.94. The summed E-state index contributed by atoms with van der Waals surface area (Å²) < 4.78 is 11.9. The molecule has 0 amide bonds. The van der Waals surface area contributed by atoms with Crippen LogP contribution in [0.4, 0.5) is 0 Å². The molecule has 0 spiro atoms. The molecule has 0 aliphatic carbocycles. The monoisotopic (exact) mass is 320 g/mol. The Labute approximate surface area is 105 Å². The summed E-state index contributed by atoms with van der Waals surface area (Å²) in [5.74, 6) is 1.51. The Hall–Kier alpha value is -0.290. The predicted octanol–water partition coefficient (Wildman–Crippen LogP) is 3.47. The molecule has 0 fully saturated rings. The average molecular weight is 320 g/mol. The highest BCUT2D eigenvalue weighted by molar-refractivity contribution is 14.1. The zero-order valence-electron chi connectivity index (χ0n) is 9.42. The van der Waals surface area contributed by atoms with Gasteiger partial charge >= 0.3 is 0 Å². The van der Waals surface area contributed by atoms with E-state index in [-0.39, 0.29) is 0 Å². The second-order valence-corrected chi connectivity index (χ2v) is 5.04. The summed E-state index contributed by atoms with van der Waals surface area (Å²) in [6.07, 6.45) is 0. The van der Waals surface area contributed by atoms with Crippen molar-refractivity contribution in [3.05, 3.63) is 27.3 Å². The normalized spacial score (nSPS) is 10.7. The zero-order valence-corrected chi connectivity index (χ0v) is 11.6. The van der Waals surface area contributed by atoms with Crippen molar-refractivity contribution in [1.82, 2.24) is 0 Å². The number of ether oxygens (including phenoxy) is 2. The lowest BCUT2D eigenvalue weighted by atomic mass is 10.2. The molecular weight excluding hydrogens is 303 g/mol. The van der Waals surface area contributed by atoms with Crippen LogP contribution in [-0.4, -0.2) is 13.7 Å². The Morgan fingerprint density at radius 1 is 1.33 bits per heavy atom. The van der Waals surface area contributed by atoms with Crippen LogP contribution in [0.1, 0.15) is 19.4 Å². The SMILES string of the molecule is COc1ccc(COCC(C)C)cc1I. The number of hydrogen-bond acceptors (Lipinski definition) is 2. The van der Waals surface area contributed by atoms with E-state index in [1.54, 1.807) is 7.11 Å². The summed E-state index contributed by atoms with van der Waals surface area (Å²) >= 11 is 2.27. The number of hydrogen-bond donors (Lipinski definition) is 0. The zero-order chi connectivity index (χ0) is 11.3. The molecule has 1 aromatic rings. The first-order valence-electron chi connectivity index (χ1n) is 5.03. The van der Waals surface area contributed by atoms with E-state index in [4.69, 9.17) is 9.47 Å². The van der Waals surface area contributed by atoms with Gasteiger partial charge in [0.2, 0.25) is 0 Å². The van der Waals surface area contributed by atoms with Gasteiger partial charge in [-0.2, -0.15) is 0 Å². The number of methoxy groups -OCH3 is 1. The van der Waals surface area contributed by atoms with Crippen molar-refractivity contribution < 1.29 is 9.47 Å². The van der Waals surface area contributed by atoms with Gasteiger partial charge in [-0.05, 0) is 46.2 Å². The van der Waals surface area contributed by atoms with Gasteiger partial charge in [-0.1, -0.05) is 19.9 Å². The minimum atomic E-state index is 0.585. The van der Waals surface area contributed by atoms with Crippen molar-refractivity contribution in [2.24, 2.45) is 5.92 Å². The first-order chi connectivity index (χ1) is 7.13. The molecule has 0 aromatic heterocycles. The van der Waals surface area contributed by atoms with E-state index in [2.05, 4.69) is 42.5 Å². The highest BCUT2D eigenvalue weighted by atomic mass is 127. The van der Waals surface area contributed by atoms with Crippen molar-refractivity contribution in [3.63, 3.8) is 0 Å². The fourth-order valence-electron chi connectivity index (χ4n) is 1.21. The van der Waals surface area contributed by atoms with Gasteiger partial charge in [0.1, 0.15) is 5.75 Å². The van der Waals surface area contributed by atoms with Crippen LogP contribution in [0.15, 0.2) is 18.2 Å². The molecule has 1 rings (SSSR count). The molecule has 15 heavy (non-hydrogen) atoms. The van der Waals surface area contributed by atoms with Gasteiger partial charge in [0, 0.05) is 6.61 Å².